The number of anilines is 1. The van der Waals surface area contributed by atoms with Crippen LogP contribution in [0.5, 0.6) is 5.75 Å². The molecule has 1 N–H and O–H groups in total. The van der Waals surface area contributed by atoms with Crippen molar-refractivity contribution in [3.05, 3.63) is 78.6 Å². The molecular weight excluding hydrogens is 356 g/mol. The Kier molecular flexibility index (Phi) is 4.79. The van der Waals surface area contributed by atoms with Crippen molar-refractivity contribution in [1.82, 2.24) is 15.1 Å². The first kappa shape index (κ1) is 17.4. The van der Waals surface area contributed by atoms with Gasteiger partial charge in [0, 0.05) is 17.4 Å². The highest BCUT2D eigenvalue weighted by atomic mass is 16.5. The Morgan fingerprint density at radius 3 is 2.54 bits per heavy atom. The zero-order valence-corrected chi connectivity index (χ0v) is 15.0. The van der Waals surface area contributed by atoms with Gasteiger partial charge in [-0.2, -0.15) is 4.98 Å². The van der Waals surface area contributed by atoms with Gasteiger partial charge in [-0.05, 0) is 48.5 Å². The van der Waals surface area contributed by atoms with E-state index in [0.29, 0.717) is 28.8 Å². The molecule has 0 fully saturated rings. The highest BCUT2D eigenvalue weighted by Crippen LogP contribution is 2.29. The highest BCUT2D eigenvalue weighted by molar-refractivity contribution is 6.02. The third kappa shape index (κ3) is 3.59. The molecule has 28 heavy (non-hydrogen) atoms. The van der Waals surface area contributed by atoms with Crippen molar-refractivity contribution in [2.45, 2.75) is 0 Å². The number of ether oxygens (including phenoxy) is 1. The minimum absolute atomic E-state index is 0.274. The Bertz CT molecular complexity index is 1090. The molecule has 0 aliphatic rings. The van der Waals surface area contributed by atoms with Crippen LogP contribution in [-0.2, 0) is 0 Å². The summed E-state index contributed by atoms with van der Waals surface area (Å²) >= 11 is 0. The van der Waals surface area contributed by atoms with Gasteiger partial charge in [0.25, 0.3) is 11.8 Å². The van der Waals surface area contributed by atoms with Gasteiger partial charge in [0.15, 0.2) is 0 Å². The first-order valence-corrected chi connectivity index (χ1v) is 8.54. The van der Waals surface area contributed by atoms with Crippen LogP contribution in [-0.4, -0.2) is 28.1 Å². The molecule has 0 saturated carbocycles. The summed E-state index contributed by atoms with van der Waals surface area (Å²) in [5, 5.41) is 6.84. The van der Waals surface area contributed by atoms with Crippen molar-refractivity contribution in [2.75, 3.05) is 12.4 Å². The molecule has 2 heterocycles. The lowest BCUT2D eigenvalue weighted by atomic mass is 10.2. The molecule has 0 aliphatic carbocycles. The van der Waals surface area contributed by atoms with Crippen molar-refractivity contribution < 1.29 is 14.1 Å². The van der Waals surface area contributed by atoms with Gasteiger partial charge in [-0.3, -0.25) is 9.78 Å². The van der Waals surface area contributed by atoms with E-state index >= 15 is 0 Å². The molecule has 4 aromatic rings. The van der Waals surface area contributed by atoms with Gasteiger partial charge >= 0.3 is 0 Å². The van der Waals surface area contributed by atoms with Crippen molar-refractivity contribution >= 4 is 11.6 Å². The number of benzene rings is 2. The van der Waals surface area contributed by atoms with Crippen molar-refractivity contribution in [3.8, 4) is 28.6 Å². The van der Waals surface area contributed by atoms with Gasteiger partial charge in [-0.15, -0.1) is 0 Å². The molecule has 4 rings (SSSR count). The summed E-state index contributed by atoms with van der Waals surface area (Å²) in [5.74, 6) is 1.22. The van der Waals surface area contributed by atoms with Crippen LogP contribution in [0.2, 0.25) is 0 Å². The molecule has 0 aliphatic heterocycles. The van der Waals surface area contributed by atoms with Crippen molar-refractivity contribution in [1.29, 1.82) is 0 Å². The third-order valence-corrected chi connectivity index (χ3v) is 4.06. The fourth-order valence-corrected chi connectivity index (χ4v) is 2.67. The first-order chi connectivity index (χ1) is 13.7. The second-order valence-electron chi connectivity index (χ2n) is 5.87. The van der Waals surface area contributed by atoms with E-state index in [-0.39, 0.29) is 5.91 Å². The maximum Gasteiger partial charge on any atom is 0.274 e. The lowest BCUT2D eigenvalue weighted by Crippen LogP contribution is -2.13. The number of carbonyl (C=O) groups excluding carboxylic acids is 1. The quantitative estimate of drug-likeness (QED) is 0.568. The lowest BCUT2D eigenvalue weighted by Gasteiger charge is -2.05. The van der Waals surface area contributed by atoms with E-state index in [1.807, 2.05) is 24.3 Å². The molecule has 0 radical (unpaired) electrons. The van der Waals surface area contributed by atoms with Gasteiger partial charge in [0.1, 0.15) is 11.4 Å². The average Bonchev–Trinajstić information content (AvgIpc) is 3.25. The van der Waals surface area contributed by atoms with Crippen LogP contribution in [0.1, 0.15) is 10.5 Å². The SMILES string of the molecule is COc1ccccc1-c1noc(-c2ccc(NC(=O)c3ccccn3)cc2)n1. The molecule has 2 aromatic heterocycles. The van der Waals surface area contributed by atoms with Gasteiger partial charge in [-0.1, -0.05) is 23.4 Å². The van der Waals surface area contributed by atoms with Crippen LogP contribution in [0, 0.1) is 0 Å². The number of pyridine rings is 1. The molecule has 138 valence electrons. The summed E-state index contributed by atoms with van der Waals surface area (Å²) in [6.45, 7) is 0. The maximum absolute atomic E-state index is 12.2. The minimum atomic E-state index is -0.274. The Morgan fingerprint density at radius 2 is 1.79 bits per heavy atom. The molecule has 7 heteroatoms. The molecule has 0 bridgehead atoms. The van der Waals surface area contributed by atoms with E-state index in [4.69, 9.17) is 9.26 Å². The van der Waals surface area contributed by atoms with Crippen LogP contribution in [0.3, 0.4) is 0 Å². The Hall–Kier alpha value is -4.00. The molecule has 1 amide bonds. The number of nitrogens with one attached hydrogen (secondary N) is 1. The molecular formula is C21H16N4O3. The smallest absolute Gasteiger partial charge is 0.274 e. The summed E-state index contributed by atoms with van der Waals surface area (Å²) in [6, 6.07) is 19.8. The third-order valence-electron chi connectivity index (χ3n) is 4.06. The van der Waals surface area contributed by atoms with Crippen LogP contribution < -0.4 is 10.1 Å². The number of carbonyl (C=O) groups is 1. The predicted molar refractivity (Wildman–Crippen MR) is 104 cm³/mol. The molecule has 0 spiro atoms. The minimum Gasteiger partial charge on any atom is -0.496 e. The van der Waals surface area contributed by atoms with Crippen molar-refractivity contribution in [2.24, 2.45) is 0 Å². The van der Waals surface area contributed by atoms with Crippen LogP contribution in [0.15, 0.2) is 77.4 Å². The largest absolute Gasteiger partial charge is 0.496 e. The zero-order chi connectivity index (χ0) is 19.3. The van der Waals surface area contributed by atoms with Crippen LogP contribution in [0.4, 0.5) is 5.69 Å². The second-order valence-corrected chi connectivity index (χ2v) is 5.87. The predicted octanol–water partition coefficient (Wildman–Crippen LogP) is 4.06. The second kappa shape index (κ2) is 7.71. The molecule has 7 nitrogen and oxygen atoms in total. The van der Waals surface area contributed by atoms with E-state index in [0.717, 1.165) is 11.1 Å². The fraction of sp³-hybridized carbons (Fsp3) is 0.0476. The number of rotatable bonds is 5. The zero-order valence-electron chi connectivity index (χ0n) is 15.0. The summed E-state index contributed by atoms with van der Waals surface area (Å²) in [4.78, 5) is 20.6. The number of aromatic nitrogens is 3. The monoisotopic (exact) mass is 372 g/mol. The van der Waals surface area contributed by atoms with E-state index in [9.17, 15) is 4.79 Å². The Balaban J connectivity index is 1.52. The summed E-state index contributed by atoms with van der Waals surface area (Å²) in [5.41, 5.74) is 2.48. The van der Waals surface area contributed by atoms with Gasteiger partial charge < -0.3 is 14.6 Å². The number of amides is 1. The number of methoxy groups -OCH3 is 1. The molecule has 0 saturated heterocycles. The molecule has 0 unspecified atom stereocenters. The van der Waals surface area contributed by atoms with Crippen LogP contribution in [0.25, 0.3) is 22.8 Å². The Labute approximate surface area is 161 Å². The summed E-state index contributed by atoms with van der Waals surface area (Å²) in [7, 11) is 1.60. The van der Waals surface area contributed by atoms with Crippen molar-refractivity contribution in [3.63, 3.8) is 0 Å². The number of hydrogen-bond donors (Lipinski definition) is 1. The first-order valence-electron chi connectivity index (χ1n) is 8.54. The topological polar surface area (TPSA) is 90.1 Å². The maximum atomic E-state index is 12.2. The summed E-state index contributed by atoms with van der Waals surface area (Å²) < 4.78 is 10.7. The average molecular weight is 372 g/mol. The lowest BCUT2D eigenvalue weighted by molar-refractivity contribution is 0.102. The van der Waals surface area contributed by atoms with E-state index in [1.54, 1.807) is 55.8 Å². The molecule has 0 atom stereocenters. The Morgan fingerprint density at radius 1 is 1.00 bits per heavy atom. The number of para-hydroxylation sites is 1. The van der Waals surface area contributed by atoms with Gasteiger partial charge in [0.2, 0.25) is 5.82 Å². The fourth-order valence-electron chi connectivity index (χ4n) is 2.67. The molecule has 2 aromatic carbocycles. The standard InChI is InChI=1S/C21H16N4O3/c1-27-18-8-3-2-6-16(18)19-24-21(28-25-19)14-9-11-15(12-10-14)23-20(26)17-7-4-5-13-22-17/h2-13H,1H3,(H,23,26). The van der Waals surface area contributed by atoms with E-state index < -0.39 is 0 Å². The normalized spacial score (nSPS) is 10.5. The van der Waals surface area contributed by atoms with Gasteiger partial charge in [0.05, 0.1) is 12.7 Å². The van der Waals surface area contributed by atoms with Gasteiger partial charge in [-0.25, -0.2) is 0 Å². The number of hydrogen-bond acceptors (Lipinski definition) is 6. The van der Waals surface area contributed by atoms with Crippen LogP contribution >= 0.6 is 0 Å². The van der Waals surface area contributed by atoms with E-state index in [1.165, 1.54) is 0 Å². The van der Waals surface area contributed by atoms with E-state index in [2.05, 4.69) is 20.4 Å². The number of nitrogens with zero attached hydrogens (tertiary/aromatic N) is 3. The summed E-state index contributed by atoms with van der Waals surface area (Å²) in [6.07, 6.45) is 1.58. The highest BCUT2D eigenvalue weighted by Gasteiger charge is 2.14.